The summed E-state index contributed by atoms with van der Waals surface area (Å²) in [5, 5.41) is 0. The second-order valence-corrected chi connectivity index (χ2v) is 3.19. The zero-order valence-corrected chi connectivity index (χ0v) is 8.99. The lowest BCUT2D eigenvalue weighted by Gasteiger charge is -2.12. The van der Waals surface area contributed by atoms with Crippen molar-refractivity contribution < 1.29 is 9.47 Å². The van der Waals surface area contributed by atoms with Crippen LogP contribution in [0.25, 0.3) is 0 Å². The van der Waals surface area contributed by atoms with E-state index in [0.717, 1.165) is 5.56 Å². The Labute approximate surface area is 90.2 Å². The molecule has 1 atom stereocenters. The predicted molar refractivity (Wildman–Crippen MR) is 59.9 cm³/mol. The molecule has 0 spiro atoms. The lowest BCUT2D eigenvalue weighted by atomic mass is 10.1. The fourth-order valence-electron chi connectivity index (χ4n) is 1.21. The van der Waals surface area contributed by atoms with Gasteiger partial charge in [-0.2, -0.15) is 0 Å². The summed E-state index contributed by atoms with van der Waals surface area (Å²) in [6.07, 6.45) is 5.11. The van der Waals surface area contributed by atoms with Crippen LogP contribution in [0.2, 0.25) is 0 Å². The van der Waals surface area contributed by atoms with E-state index in [1.54, 1.807) is 7.11 Å². The van der Waals surface area contributed by atoms with Gasteiger partial charge in [0.1, 0.15) is 6.61 Å². The molecule has 1 rings (SSSR count). The van der Waals surface area contributed by atoms with Gasteiger partial charge in [-0.1, -0.05) is 12.0 Å². The van der Waals surface area contributed by atoms with Gasteiger partial charge in [0.2, 0.25) is 0 Å². The summed E-state index contributed by atoms with van der Waals surface area (Å²) in [5.41, 5.74) is 6.76. The number of hydrogen-bond donors (Lipinski definition) is 1. The number of rotatable bonds is 4. The van der Waals surface area contributed by atoms with Crippen LogP contribution in [0.5, 0.6) is 11.5 Å². The van der Waals surface area contributed by atoms with Gasteiger partial charge in [-0.15, -0.1) is 6.42 Å². The van der Waals surface area contributed by atoms with Crippen LogP contribution in [-0.2, 0) is 0 Å². The lowest BCUT2D eigenvalue weighted by molar-refractivity contribution is 0.330. The van der Waals surface area contributed by atoms with Gasteiger partial charge in [0, 0.05) is 6.04 Å². The van der Waals surface area contributed by atoms with E-state index in [-0.39, 0.29) is 12.6 Å². The van der Waals surface area contributed by atoms with Crippen LogP contribution in [-0.4, -0.2) is 13.7 Å². The van der Waals surface area contributed by atoms with Crippen LogP contribution in [0.3, 0.4) is 0 Å². The minimum atomic E-state index is -0.0272. The first-order valence-electron chi connectivity index (χ1n) is 4.68. The Bertz CT molecular complexity index is 366. The number of nitrogens with two attached hydrogens (primary N) is 1. The maximum absolute atomic E-state index is 5.76. The van der Waals surface area contributed by atoms with Gasteiger partial charge in [-0.05, 0) is 24.6 Å². The molecule has 0 amide bonds. The van der Waals surface area contributed by atoms with Crippen molar-refractivity contribution in [2.24, 2.45) is 5.73 Å². The number of ether oxygens (including phenoxy) is 2. The normalized spacial score (nSPS) is 11.6. The molecule has 0 radical (unpaired) electrons. The van der Waals surface area contributed by atoms with E-state index in [9.17, 15) is 0 Å². The van der Waals surface area contributed by atoms with Crippen LogP contribution in [0.1, 0.15) is 18.5 Å². The summed E-state index contributed by atoms with van der Waals surface area (Å²) < 4.78 is 10.5. The van der Waals surface area contributed by atoms with Crippen LogP contribution >= 0.6 is 0 Å². The van der Waals surface area contributed by atoms with Crippen molar-refractivity contribution in [1.29, 1.82) is 0 Å². The maximum Gasteiger partial charge on any atom is 0.162 e. The summed E-state index contributed by atoms with van der Waals surface area (Å²) in [6, 6.07) is 5.55. The second kappa shape index (κ2) is 5.28. The zero-order valence-electron chi connectivity index (χ0n) is 8.99. The molecule has 0 fully saturated rings. The van der Waals surface area contributed by atoms with Gasteiger partial charge in [-0.3, -0.25) is 0 Å². The highest BCUT2D eigenvalue weighted by atomic mass is 16.5. The molecule has 0 aliphatic heterocycles. The Balaban J connectivity index is 2.94. The van der Waals surface area contributed by atoms with E-state index in [1.165, 1.54) is 0 Å². The first-order chi connectivity index (χ1) is 7.19. The van der Waals surface area contributed by atoms with Crippen molar-refractivity contribution in [3.8, 4) is 23.8 Å². The Morgan fingerprint density at radius 3 is 2.73 bits per heavy atom. The number of methoxy groups -OCH3 is 1. The SMILES string of the molecule is C#CCOc1ccc(C(C)N)cc1OC. The van der Waals surface area contributed by atoms with Crippen molar-refractivity contribution in [1.82, 2.24) is 0 Å². The molecule has 0 heterocycles. The standard InChI is InChI=1S/C12H15NO2/c1-4-7-15-11-6-5-10(9(2)13)8-12(11)14-3/h1,5-6,8-9H,7,13H2,2-3H3. The van der Waals surface area contributed by atoms with Crippen LogP contribution in [0, 0.1) is 12.3 Å². The molecule has 0 saturated carbocycles. The number of benzene rings is 1. The van der Waals surface area contributed by atoms with Gasteiger partial charge in [0.15, 0.2) is 11.5 Å². The molecule has 80 valence electrons. The smallest absolute Gasteiger partial charge is 0.162 e. The molecule has 3 nitrogen and oxygen atoms in total. The Morgan fingerprint density at radius 1 is 1.47 bits per heavy atom. The highest BCUT2D eigenvalue weighted by molar-refractivity contribution is 5.43. The van der Waals surface area contributed by atoms with Gasteiger partial charge in [0.25, 0.3) is 0 Å². The molecule has 3 heteroatoms. The number of hydrogen-bond acceptors (Lipinski definition) is 3. The summed E-state index contributed by atoms with van der Waals surface area (Å²) in [6.45, 7) is 2.14. The van der Waals surface area contributed by atoms with Gasteiger partial charge >= 0.3 is 0 Å². The first kappa shape index (κ1) is 11.4. The van der Waals surface area contributed by atoms with Crippen molar-refractivity contribution in [2.45, 2.75) is 13.0 Å². The molecule has 1 aromatic carbocycles. The summed E-state index contributed by atoms with van der Waals surface area (Å²) in [7, 11) is 1.59. The molecule has 2 N–H and O–H groups in total. The highest BCUT2D eigenvalue weighted by Gasteiger charge is 2.07. The van der Waals surface area contributed by atoms with Crippen molar-refractivity contribution in [3.63, 3.8) is 0 Å². The molecule has 0 bridgehead atoms. The summed E-state index contributed by atoms with van der Waals surface area (Å²) in [5.74, 6) is 3.69. The minimum Gasteiger partial charge on any atom is -0.493 e. The summed E-state index contributed by atoms with van der Waals surface area (Å²) >= 11 is 0. The van der Waals surface area contributed by atoms with Crippen molar-refractivity contribution in [3.05, 3.63) is 23.8 Å². The van der Waals surface area contributed by atoms with Crippen molar-refractivity contribution in [2.75, 3.05) is 13.7 Å². The zero-order chi connectivity index (χ0) is 11.3. The van der Waals surface area contributed by atoms with E-state index < -0.39 is 0 Å². The van der Waals surface area contributed by atoms with Crippen LogP contribution in [0.4, 0.5) is 0 Å². The third-order valence-electron chi connectivity index (χ3n) is 2.02. The molecule has 0 aromatic heterocycles. The number of terminal acetylenes is 1. The Hall–Kier alpha value is -1.66. The Kier molecular flexibility index (Phi) is 4.02. The second-order valence-electron chi connectivity index (χ2n) is 3.19. The third-order valence-corrected chi connectivity index (χ3v) is 2.02. The fourth-order valence-corrected chi connectivity index (χ4v) is 1.21. The topological polar surface area (TPSA) is 44.5 Å². The lowest BCUT2D eigenvalue weighted by Crippen LogP contribution is -2.05. The molecular formula is C12H15NO2. The summed E-state index contributed by atoms with van der Waals surface area (Å²) in [4.78, 5) is 0. The van der Waals surface area contributed by atoms with E-state index >= 15 is 0 Å². The minimum absolute atomic E-state index is 0.0272. The van der Waals surface area contributed by atoms with E-state index in [2.05, 4.69) is 5.92 Å². The molecule has 0 aliphatic carbocycles. The largest absolute Gasteiger partial charge is 0.493 e. The van der Waals surface area contributed by atoms with Crippen LogP contribution < -0.4 is 15.2 Å². The molecule has 0 saturated heterocycles. The average molecular weight is 205 g/mol. The maximum atomic E-state index is 5.76. The molecule has 0 aliphatic rings. The molecule has 1 unspecified atom stereocenters. The Morgan fingerprint density at radius 2 is 2.20 bits per heavy atom. The van der Waals surface area contributed by atoms with Gasteiger partial charge < -0.3 is 15.2 Å². The van der Waals surface area contributed by atoms with E-state index in [0.29, 0.717) is 11.5 Å². The third kappa shape index (κ3) is 2.90. The quantitative estimate of drug-likeness (QED) is 0.761. The molecule has 1 aromatic rings. The fraction of sp³-hybridized carbons (Fsp3) is 0.333. The van der Waals surface area contributed by atoms with Crippen LogP contribution in [0.15, 0.2) is 18.2 Å². The predicted octanol–water partition coefficient (Wildman–Crippen LogP) is 1.73. The molecule has 15 heavy (non-hydrogen) atoms. The first-order valence-corrected chi connectivity index (χ1v) is 4.68. The monoisotopic (exact) mass is 205 g/mol. The van der Waals surface area contributed by atoms with Gasteiger partial charge in [0.05, 0.1) is 7.11 Å². The highest BCUT2D eigenvalue weighted by Crippen LogP contribution is 2.29. The average Bonchev–Trinajstić information content (AvgIpc) is 2.25. The van der Waals surface area contributed by atoms with E-state index in [1.807, 2.05) is 25.1 Å². The van der Waals surface area contributed by atoms with E-state index in [4.69, 9.17) is 21.6 Å². The van der Waals surface area contributed by atoms with Gasteiger partial charge in [-0.25, -0.2) is 0 Å². The van der Waals surface area contributed by atoms with Crippen molar-refractivity contribution >= 4 is 0 Å². The molecular weight excluding hydrogens is 190 g/mol.